The second-order valence-corrected chi connectivity index (χ2v) is 6.70. The lowest BCUT2D eigenvalue weighted by Gasteiger charge is -2.26. The molecular formula is C15H24BrNS. The van der Waals surface area contributed by atoms with Crippen molar-refractivity contribution < 1.29 is 0 Å². The van der Waals surface area contributed by atoms with Crippen LogP contribution in [0.15, 0.2) is 33.6 Å². The lowest BCUT2D eigenvalue weighted by molar-refractivity contribution is 0.465. The van der Waals surface area contributed by atoms with Crippen LogP contribution in [-0.2, 0) is 0 Å². The quantitative estimate of drug-likeness (QED) is 0.666. The molecule has 0 aliphatic carbocycles. The van der Waals surface area contributed by atoms with Crippen LogP contribution in [0.3, 0.4) is 0 Å². The van der Waals surface area contributed by atoms with Gasteiger partial charge in [-0.3, -0.25) is 0 Å². The summed E-state index contributed by atoms with van der Waals surface area (Å²) in [5, 5.41) is 4.29. The van der Waals surface area contributed by atoms with E-state index in [4.69, 9.17) is 0 Å². The molecule has 18 heavy (non-hydrogen) atoms. The van der Waals surface area contributed by atoms with E-state index in [1.54, 1.807) is 0 Å². The van der Waals surface area contributed by atoms with Gasteiger partial charge < -0.3 is 5.32 Å². The zero-order valence-electron chi connectivity index (χ0n) is 11.6. The van der Waals surface area contributed by atoms with Crippen LogP contribution in [0.5, 0.6) is 0 Å². The topological polar surface area (TPSA) is 12.0 Å². The molecule has 0 aliphatic heterocycles. The van der Waals surface area contributed by atoms with Gasteiger partial charge in [-0.05, 0) is 43.7 Å². The maximum atomic E-state index is 3.64. The van der Waals surface area contributed by atoms with Crippen molar-refractivity contribution in [1.29, 1.82) is 0 Å². The summed E-state index contributed by atoms with van der Waals surface area (Å²) in [7, 11) is 0. The van der Waals surface area contributed by atoms with Crippen LogP contribution in [0.1, 0.15) is 40.0 Å². The first-order valence-corrected chi connectivity index (χ1v) is 8.54. The van der Waals surface area contributed by atoms with E-state index in [-0.39, 0.29) is 0 Å². The minimum atomic E-state index is 0.624. The summed E-state index contributed by atoms with van der Waals surface area (Å²) in [6, 6.07) is 9.27. The first kappa shape index (κ1) is 16.1. The van der Waals surface area contributed by atoms with Crippen molar-refractivity contribution in [3.05, 3.63) is 28.7 Å². The average molecular weight is 330 g/mol. The van der Waals surface area contributed by atoms with Gasteiger partial charge in [-0.1, -0.05) is 43.1 Å². The molecule has 0 bridgehead atoms. The normalized spacial score (nSPS) is 14.4. The van der Waals surface area contributed by atoms with Crippen molar-refractivity contribution >= 4 is 27.7 Å². The van der Waals surface area contributed by atoms with Crippen molar-refractivity contribution in [1.82, 2.24) is 5.32 Å². The van der Waals surface area contributed by atoms with E-state index in [0.29, 0.717) is 11.3 Å². The van der Waals surface area contributed by atoms with Gasteiger partial charge in [0, 0.05) is 20.7 Å². The molecule has 3 heteroatoms. The summed E-state index contributed by atoms with van der Waals surface area (Å²) in [5.41, 5.74) is 0. The highest BCUT2D eigenvalue weighted by Crippen LogP contribution is 2.30. The predicted molar refractivity (Wildman–Crippen MR) is 86.5 cm³/mol. The van der Waals surface area contributed by atoms with Gasteiger partial charge in [0.25, 0.3) is 0 Å². The Hall–Kier alpha value is 0.01000. The molecule has 0 spiro atoms. The highest BCUT2D eigenvalue weighted by molar-refractivity contribution is 9.10. The van der Waals surface area contributed by atoms with Crippen molar-refractivity contribution in [2.24, 2.45) is 0 Å². The molecule has 0 saturated carbocycles. The largest absolute Gasteiger partial charge is 0.313 e. The van der Waals surface area contributed by atoms with Gasteiger partial charge in [0.2, 0.25) is 0 Å². The second-order valence-electron chi connectivity index (χ2n) is 4.47. The SMILES string of the molecule is CCCC(NCC)C(CC)Sc1ccc(Br)cc1. The average Bonchev–Trinajstić information content (AvgIpc) is 2.38. The van der Waals surface area contributed by atoms with E-state index in [1.165, 1.54) is 24.2 Å². The van der Waals surface area contributed by atoms with Crippen molar-refractivity contribution in [2.75, 3.05) is 6.54 Å². The Balaban J connectivity index is 2.66. The van der Waals surface area contributed by atoms with Crippen LogP contribution in [-0.4, -0.2) is 17.8 Å². The number of thioether (sulfide) groups is 1. The number of benzene rings is 1. The van der Waals surface area contributed by atoms with Crippen LogP contribution < -0.4 is 5.32 Å². The molecule has 0 saturated heterocycles. The smallest absolute Gasteiger partial charge is 0.0245 e. The summed E-state index contributed by atoms with van der Waals surface area (Å²) in [4.78, 5) is 1.36. The molecule has 1 nitrogen and oxygen atoms in total. The zero-order valence-corrected chi connectivity index (χ0v) is 14.0. The molecule has 1 aromatic rings. The molecule has 2 atom stereocenters. The molecule has 2 unspecified atom stereocenters. The van der Waals surface area contributed by atoms with Crippen molar-refractivity contribution in [3.8, 4) is 0 Å². The molecule has 1 N–H and O–H groups in total. The Morgan fingerprint density at radius 1 is 1.17 bits per heavy atom. The molecule has 102 valence electrons. The van der Waals surface area contributed by atoms with Crippen LogP contribution >= 0.6 is 27.7 Å². The minimum absolute atomic E-state index is 0.624. The number of hydrogen-bond acceptors (Lipinski definition) is 2. The second kappa shape index (κ2) is 9.00. The standard InChI is InChI=1S/C15H24BrNS/c1-4-7-14(17-6-3)15(5-2)18-13-10-8-12(16)9-11-13/h8-11,14-15,17H,4-7H2,1-3H3. The molecule has 1 rings (SSSR count). The Morgan fingerprint density at radius 2 is 1.83 bits per heavy atom. The summed E-state index contributed by atoms with van der Waals surface area (Å²) >= 11 is 5.49. The van der Waals surface area contributed by atoms with E-state index in [2.05, 4.69) is 66.3 Å². The van der Waals surface area contributed by atoms with Crippen LogP contribution in [0.25, 0.3) is 0 Å². The Morgan fingerprint density at radius 3 is 2.33 bits per heavy atom. The molecular weight excluding hydrogens is 306 g/mol. The molecule has 0 radical (unpaired) electrons. The van der Waals surface area contributed by atoms with Gasteiger partial charge in [0.05, 0.1) is 0 Å². The van der Waals surface area contributed by atoms with Gasteiger partial charge >= 0.3 is 0 Å². The fourth-order valence-corrected chi connectivity index (χ4v) is 3.60. The van der Waals surface area contributed by atoms with Gasteiger partial charge in [0.1, 0.15) is 0 Å². The zero-order chi connectivity index (χ0) is 13.4. The molecule has 0 fully saturated rings. The highest BCUT2D eigenvalue weighted by atomic mass is 79.9. The van der Waals surface area contributed by atoms with Gasteiger partial charge in [-0.15, -0.1) is 11.8 Å². The van der Waals surface area contributed by atoms with Crippen LogP contribution in [0, 0.1) is 0 Å². The van der Waals surface area contributed by atoms with E-state index >= 15 is 0 Å². The van der Waals surface area contributed by atoms with Gasteiger partial charge in [-0.2, -0.15) is 0 Å². The number of halogens is 1. The molecule has 0 aliphatic rings. The van der Waals surface area contributed by atoms with Crippen LogP contribution in [0.2, 0.25) is 0 Å². The van der Waals surface area contributed by atoms with E-state index < -0.39 is 0 Å². The monoisotopic (exact) mass is 329 g/mol. The first-order chi connectivity index (χ1) is 8.71. The Bertz CT molecular complexity index is 320. The maximum absolute atomic E-state index is 3.64. The van der Waals surface area contributed by atoms with Gasteiger partial charge in [0.15, 0.2) is 0 Å². The van der Waals surface area contributed by atoms with E-state index in [1.807, 2.05) is 11.8 Å². The first-order valence-electron chi connectivity index (χ1n) is 6.86. The molecule has 0 aromatic heterocycles. The van der Waals surface area contributed by atoms with Crippen LogP contribution in [0.4, 0.5) is 0 Å². The molecule has 0 amide bonds. The molecule has 1 aromatic carbocycles. The minimum Gasteiger partial charge on any atom is -0.313 e. The van der Waals surface area contributed by atoms with E-state index in [9.17, 15) is 0 Å². The lowest BCUT2D eigenvalue weighted by atomic mass is 10.1. The fourth-order valence-electron chi connectivity index (χ4n) is 2.13. The number of nitrogens with one attached hydrogen (secondary N) is 1. The summed E-state index contributed by atoms with van der Waals surface area (Å²) < 4.78 is 1.15. The summed E-state index contributed by atoms with van der Waals surface area (Å²) in [6.45, 7) is 7.81. The Kier molecular flexibility index (Phi) is 8.03. The maximum Gasteiger partial charge on any atom is 0.0245 e. The highest BCUT2D eigenvalue weighted by Gasteiger charge is 2.19. The summed E-state index contributed by atoms with van der Waals surface area (Å²) in [5.74, 6) is 0. The summed E-state index contributed by atoms with van der Waals surface area (Å²) in [6.07, 6.45) is 3.71. The number of hydrogen-bond donors (Lipinski definition) is 1. The van der Waals surface area contributed by atoms with Crippen molar-refractivity contribution in [3.63, 3.8) is 0 Å². The van der Waals surface area contributed by atoms with Gasteiger partial charge in [-0.25, -0.2) is 0 Å². The number of rotatable bonds is 8. The third kappa shape index (κ3) is 5.33. The molecule has 0 heterocycles. The lowest BCUT2D eigenvalue weighted by Crippen LogP contribution is -2.37. The third-order valence-electron chi connectivity index (χ3n) is 3.02. The predicted octanol–water partition coefficient (Wildman–Crippen LogP) is 5.10. The van der Waals surface area contributed by atoms with Crippen molar-refractivity contribution in [2.45, 2.75) is 56.2 Å². The van der Waals surface area contributed by atoms with E-state index in [0.717, 1.165) is 11.0 Å². The fraction of sp³-hybridized carbons (Fsp3) is 0.600. The third-order valence-corrected chi connectivity index (χ3v) is 5.06. The Labute approximate surface area is 124 Å².